The Balaban J connectivity index is 2.10. The van der Waals surface area contributed by atoms with Gasteiger partial charge in [0.25, 0.3) is 0 Å². The first-order valence-corrected chi connectivity index (χ1v) is 6.71. The zero-order valence-corrected chi connectivity index (χ0v) is 10.0. The van der Waals surface area contributed by atoms with Crippen LogP contribution in [-0.4, -0.2) is 17.0 Å². The maximum absolute atomic E-state index is 11.8. The zero-order chi connectivity index (χ0) is 12.0. The Morgan fingerprint density at radius 3 is 2.38 bits per heavy atom. The van der Waals surface area contributed by atoms with Crippen LogP contribution in [0.3, 0.4) is 0 Å². The van der Waals surface area contributed by atoms with Gasteiger partial charge in [0.1, 0.15) is 5.78 Å². The van der Waals surface area contributed by atoms with Gasteiger partial charge in [-0.1, -0.05) is 31.0 Å². The summed E-state index contributed by atoms with van der Waals surface area (Å²) >= 11 is -0.0300. The number of rotatable bonds is 5. The first-order valence-electron chi connectivity index (χ1n) is 5.72. The lowest BCUT2D eigenvalue weighted by atomic mass is 9.85. The fourth-order valence-electron chi connectivity index (χ4n) is 2.06. The molecule has 0 N–H and O–H groups in total. The Kier molecular flexibility index (Phi) is 5.66. The average Bonchev–Trinajstić information content (AvgIpc) is 2.24. The normalized spacial score (nSPS) is 18.7. The van der Waals surface area contributed by atoms with Gasteiger partial charge in [-0.25, -0.2) is 0 Å². The number of carbonyl (C=O) groups excluding carboxylic acids is 1. The molecule has 16 heavy (non-hydrogen) atoms. The van der Waals surface area contributed by atoms with Crippen molar-refractivity contribution in [2.75, 3.05) is 5.75 Å². The fraction of sp³-hybridized carbons (Fsp3) is 0.909. The number of hydrogen-bond donors (Lipinski definition) is 0. The van der Waals surface area contributed by atoms with Crippen LogP contribution < -0.4 is 0 Å². The van der Waals surface area contributed by atoms with Crippen molar-refractivity contribution in [2.24, 2.45) is 5.92 Å². The summed E-state index contributed by atoms with van der Waals surface area (Å²) < 4.78 is 35.4. The summed E-state index contributed by atoms with van der Waals surface area (Å²) in [5.41, 5.74) is -4.16. The highest BCUT2D eigenvalue weighted by atomic mass is 32.2. The summed E-state index contributed by atoms with van der Waals surface area (Å²) in [6, 6.07) is 0. The van der Waals surface area contributed by atoms with Crippen molar-refractivity contribution in [2.45, 2.75) is 50.5 Å². The van der Waals surface area contributed by atoms with E-state index in [4.69, 9.17) is 0 Å². The molecular weight excluding hydrogens is 237 g/mol. The van der Waals surface area contributed by atoms with E-state index in [1.54, 1.807) is 0 Å². The predicted molar refractivity (Wildman–Crippen MR) is 59.3 cm³/mol. The molecule has 0 spiro atoms. The molecule has 1 nitrogen and oxygen atoms in total. The van der Waals surface area contributed by atoms with Gasteiger partial charge in [0.05, 0.1) is 0 Å². The van der Waals surface area contributed by atoms with Crippen molar-refractivity contribution in [3.63, 3.8) is 0 Å². The van der Waals surface area contributed by atoms with E-state index in [1.165, 1.54) is 6.42 Å². The first kappa shape index (κ1) is 13.9. The summed E-state index contributed by atoms with van der Waals surface area (Å²) in [4.78, 5) is 11.6. The molecule has 0 unspecified atom stereocenters. The van der Waals surface area contributed by atoms with Gasteiger partial charge in [-0.15, -0.1) is 0 Å². The molecule has 1 fully saturated rings. The van der Waals surface area contributed by atoms with E-state index in [0.717, 1.165) is 25.7 Å². The summed E-state index contributed by atoms with van der Waals surface area (Å²) in [7, 11) is 0. The molecule has 0 aliphatic heterocycles. The second-order valence-corrected chi connectivity index (χ2v) is 5.36. The first-order chi connectivity index (χ1) is 7.49. The van der Waals surface area contributed by atoms with Gasteiger partial charge in [-0.2, -0.15) is 13.2 Å². The molecule has 1 rings (SSSR count). The molecule has 5 heteroatoms. The van der Waals surface area contributed by atoms with Crippen molar-refractivity contribution in [1.29, 1.82) is 0 Å². The summed E-state index contributed by atoms with van der Waals surface area (Å²) in [6.45, 7) is 0. The van der Waals surface area contributed by atoms with Crippen molar-refractivity contribution in [3.05, 3.63) is 0 Å². The van der Waals surface area contributed by atoms with Crippen LogP contribution >= 0.6 is 11.8 Å². The molecule has 0 aromatic carbocycles. The Bertz CT molecular complexity index is 222. The van der Waals surface area contributed by atoms with E-state index in [9.17, 15) is 18.0 Å². The van der Waals surface area contributed by atoms with Crippen molar-refractivity contribution in [1.82, 2.24) is 0 Å². The van der Waals surface area contributed by atoms with Gasteiger partial charge >= 0.3 is 5.51 Å². The van der Waals surface area contributed by atoms with Gasteiger partial charge in [0, 0.05) is 18.1 Å². The summed E-state index contributed by atoms with van der Waals surface area (Å²) in [6.07, 6.45) is 5.90. The largest absolute Gasteiger partial charge is 0.441 e. The maximum Gasteiger partial charge on any atom is 0.441 e. The van der Waals surface area contributed by atoms with Crippen molar-refractivity contribution < 1.29 is 18.0 Å². The molecule has 0 radical (unpaired) electrons. The molecule has 0 heterocycles. The number of carbonyl (C=O) groups is 1. The molecule has 0 amide bonds. The molecule has 1 aliphatic carbocycles. The van der Waals surface area contributed by atoms with Crippen LogP contribution in [0.2, 0.25) is 0 Å². The molecular formula is C11H17F3OS. The summed E-state index contributed by atoms with van der Waals surface area (Å²) in [5, 5.41) is 0. The van der Waals surface area contributed by atoms with Gasteiger partial charge in [0.15, 0.2) is 0 Å². The Hall–Kier alpha value is -0.190. The van der Waals surface area contributed by atoms with Crippen LogP contribution in [0.15, 0.2) is 0 Å². The van der Waals surface area contributed by atoms with Gasteiger partial charge in [-0.05, 0) is 19.3 Å². The van der Waals surface area contributed by atoms with E-state index in [2.05, 4.69) is 0 Å². The Morgan fingerprint density at radius 2 is 1.81 bits per heavy atom. The SMILES string of the molecule is O=C(CCCSC(F)(F)F)C1CCCCC1. The molecule has 0 aromatic rings. The standard InChI is InChI=1S/C11H17F3OS/c12-11(13,14)16-8-4-7-10(15)9-5-2-1-3-6-9/h9H,1-8H2. The van der Waals surface area contributed by atoms with Gasteiger partial charge in [0.2, 0.25) is 0 Å². The highest BCUT2D eigenvalue weighted by Gasteiger charge is 2.28. The molecule has 0 aromatic heterocycles. The smallest absolute Gasteiger partial charge is 0.299 e. The van der Waals surface area contributed by atoms with E-state index in [1.807, 2.05) is 0 Å². The minimum atomic E-state index is -4.16. The van der Waals surface area contributed by atoms with Crippen LogP contribution in [0.5, 0.6) is 0 Å². The lowest BCUT2D eigenvalue weighted by Gasteiger charge is -2.20. The predicted octanol–water partition coefficient (Wildman–Crippen LogP) is 4.17. The van der Waals surface area contributed by atoms with Crippen molar-refractivity contribution >= 4 is 17.5 Å². The highest BCUT2D eigenvalue weighted by Crippen LogP contribution is 2.31. The van der Waals surface area contributed by atoms with Crippen LogP contribution in [0.1, 0.15) is 44.9 Å². The third-order valence-electron chi connectivity index (χ3n) is 2.89. The monoisotopic (exact) mass is 254 g/mol. The van der Waals surface area contributed by atoms with Crippen LogP contribution in [0.25, 0.3) is 0 Å². The fourth-order valence-corrected chi connectivity index (χ4v) is 2.58. The number of hydrogen-bond acceptors (Lipinski definition) is 2. The van der Waals surface area contributed by atoms with E-state index in [0.29, 0.717) is 12.8 Å². The third-order valence-corrected chi connectivity index (χ3v) is 3.71. The van der Waals surface area contributed by atoms with Gasteiger partial charge < -0.3 is 0 Å². The summed E-state index contributed by atoms with van der Waals surface area (Å²) in [5.74, 6) is 0.300. The van der Waals surface area contributed by atoms with E-state index >= 15 is 0 Å². The second-order valence-electron chi connectivity index (χ2n) is 4.20. The second kappa shape index (κ2) is 6.52. The van der Waals surface area contributed by atoms with E-state index < -0.39 is 5.51 Å². The minimum absolute atomic E-state index is 0.00194. The third kappa shape index (κ3) is 5.77. The lowest BCUT2D eigenvalue weighted by Crippen LogP contribution is -2.17. The molecule has 1 aliphatic rings. The molecule has 0 saturated heterocycles. The van der Waals surface area contributed by atoms with Crippen molar-refractivity contribution in [3.8, 4) is 0 Å². The lowest BCUT2D eigenvalue weighted by molar-refractivity contribution is -0.123. The maximum atomic E-state index is 11.8. The topological polar surface area (TPSA) is 17.1 Å². The average molecular weight is 254 g/mol. The number of thioether (sulfide) groups is 1. The molecule has 0 bridgehead atoms. The molecule has 94 valence electrons. The Labute approximate surface area is 98.2 Å². The Morgan fingerprint density at radius 1 is 1.19 bits per heavy atom. The zero-order valence-electron chi connectivity index (χ0n) is 9.18. The van der Waals surface area contributed by atoms with Crippen LogP contribution in [0, 0.1) is 5.92 Å². The molecule has 0 atom stereocenters. The van der Waals surface area contributed by atoms with E-state index in [-0.39, 0.29) is 29.2 Å². The number of halogens is 3. The number of alkyl halides is 3. The minimum Gasteiger partial charge on any atom is -0.299 e. The number of Topliss-reactive ketones (excluding diaryl/α,β-unsaturated/α-hetero) is 1. The molecule has 1 saturated carbocycles. The highest BCUT2D eigenvalue weighted by molar-refractivity contribution is 8.00. The van der Waals surface area contributed by atoms with Crippen LogP contribution in [0.4, 0.5) is 13.2 Å². The van der Waals surface area contributed by atoms with Gasteiger partial charge in [-0.3, -0.25) is 4.79 Å². The number of ketones is 1. The van der Waals surface area contributed by atoms with Crippen LogP contribution in [-0.2, 0) is 4.79 Å². The quantitative estimate of drug-likeness (QED) is 0.685.